The fourth-order valence-electron chi connectivity index (χ4n) is 1.16. The van der Waals surface area contributed by atoms with Crippen LogP contribution in [0.25, 0.3) is 0 Å². The predicted octanol–water partition coefficient (Wildman–Crippen LogP) is 2.93. The van der Waals surface area contributed by atoms with Gasteiger partial charge in [-0.05, 0) is 31.5 Å². The molecule has 0 aliphatic rings. The molecule has 2 nitrogen and oxygen atoms in total. The van der Waals surface area contributed by atoms with Gasteiger partial charge in [-0.15, -0.1) is 11.8 Å². The molecular formula is C11H16FNOS. The highest BCUT2D eigenvalue weighted by atomic mass is 32.2. The minimum absolute atomic E-state index is 0.276. The molecule has 0 aliphatic heterocycles. The number of ether oxygens (including phenoxy) is 1. The van der Waals surface area contributed by atoms with Gasteiger partial charge >= 0.3 is 0 Å². The van der Waals surface area contributed by atoms with E-state index < -0.39 is 0 Å². The van der Waals surface area contributed by atoms with Crippen molar-refractivity contribution in [3.8, 4) is 0 Å². The Bertz CT molecular complexity index is 286. The third kappa shape index (κ3) is 5.04. The van der Waals surface area contributed by atoms with E-state index >= 15 is 0 Å². The van der Waals surface area contributed by atoms with Crippen LogP contribution in [0.2, 0.25) is 0 Å². The summed E-state index contributed by atoms with van der Waals surface area (Å²) >= 11 is 1.60. The highest BCUT2D eigenvalue weighted by Gasteiger charge is 1.99. The first kappa shape index (κ1) is 12.3. The normalized spacial score (nSPS) is 10.5. The van der Waals surface area contributed by atoms with Crippen LogP contribution in [0, 0.1) is 5.82 Å². The lowest BCUT2D eigenvalue weighted by Gasteiger charge is -2.03. The Hall–Kier alpha value is -0.740. The fraction of sp³-hybridized carbons (Fsp3) is 0.455. The molecule has 84 valence electrons. The maximum absolute atomic E-state index is 12.9. The van der Waals surface area contributed by atoms with Crippen molar-refractivity contribution < 1.29 is 9.13 Å². The Balaban J connectivity index is 2.31. The van der Waals surface area contributed by atoms with Gasteiger partial charge in [0.25, 0.3) is 0 Å². The van der Waals surface area contributed by atoms with Crippen LogP contribution in [0.4, 0.5) is 10.1 Å². The first-order chi connectivity index (χ1) is 7.22. The van der Waals surface area contributed by atoms with Crippen molar-refractivity contribution in [3.05, 3.63) is 24.0 Å². The monoisotopic (exact) mass is 229 g/mol. The lowest BCUT2D eigenvalue weighted by atomic mass is 10.3. The van der Waals surface area contributed by atoms with Crippen molar-refractivity contribution >= 4 is 17.4 Å². The van der Waals surface area contributed by atoms with Gasteiger partial charge in [-0.3, -0.25) is 0 Å². The van der Waals surface area contributed by atoms with Crippen LogP contribution in [-0.4, -0.2) is 19.0 Å². The lowest BCUT2D eigenvalue weighted by Crippen LogP contribution is -1.95. The highest BCUT2D eigenvalue weighted by molar-refractivity contribution is 7.99. The van der Waals surface area contributed by atoms with Crippen LogP contribution in [0.1, 0.15) is 13.3 Å². The van der Waals surface area contributed by atoms with E-state index in [0.717, 1.165) is 30.3 Å². The maximum Gasteiger partial charge on any atom is 0.126 e. The van der Waals surface area contributed by atoms with E-state index in [2.05, 4.69) is 0 Å². The van der Waals surface area contributed by atoms with E-state index in [9.17, 15) is 4.39 Å². The molecule has 0 amide bonds. The highest BCUT2D eigenvalue weighted by Crippen LogP contribution is 2.22. The number of nitrogen functional groups attached to an aromatic ring is 1. The minimum Gasteiger partial charge on any atom is -0.399 e. The number of hydrogen-bond acceptors (Lipinski definition) is 3. The largest absolute Gasteiger partial charge is 0.399 e. The molecule has 0 aromatic heterocycles. The summed E-state index contributed by atoms with van der Waals surface area (Å²) in [5.74, 6) is 0.644. The van der Waals surface area contributed by atoms with Crippen LogP contribution in [0.3, 0.4) is 0 Å². The summed E-state index contributed by atoms with van der Waals surface area (Å²) in [5, 5.41) is 0. The first-order valence-corrected chi connectivity index (χ1v) is 5.97. The summed E-state index contributed by atoms with van der Waals surface area (Å²) in [6.45, 7) is 3.48. The summed E-state index contributed by atoms with van der Waals surface area (Å²) in [6.07, 6.45) is 0.967. The van der Waals surface area contributed by atoms with Crippen molar-refractivity contribution in [1.82, 2.24) is 0 Å². The molecule has 0 unspecified atom stereocenters. The van der Waals surface area contributed by atoms with E-state index in [0.29, 0.717) is 5.69 Å². The van der Waals surface area contributed by atoms with E-state index in [1.54, 1.807) is 17.8 Å². The van der Waals surface area contributed by atoms with E-state index in [1.807, 2.05) is 6.92 Å². The molecule has 1 aromatic rings. The number of hydrogen-bond donors (Lipinski definition) is 1. The average Bonchev–Trinajstić information content (AvgIpc) is 2.16. The Morgan fingerprint density at radius 2 is 2.20 bits per heavy atom. The molecule has 0 atom stereocenters. The Morgan fingerprint density at radius 3 is 2.87 bits per heavy atom. The zero-order valence-electron chi connectivity index (χ0n) is 8.83. The zero-order valence-corrected chi connectivity index (χ0v) is 9.65. The molecule has 0 saturated heterocycles. The number of rotatable bonds is 6. The van der Waals surface area contributed by atoms with Crippen molar-refractivity contribution in [2.24, 2.45) is 0 Å². The quantitative estimate of drug-likeness (QED) is 0.463. The van der Waals surface area contributed by atoms with Crippen molar-refractivity contribution in [2.45, 2.75) is 18.2 Å². The number of thioether (sulfide) groups is 1. The van der Waals surface area contributed by atoms with Crippen LogP contribution >= 0.6 is 11.8 Å². The molecule has 0 spiro atoms. The van der Waals surface area contributed by atoms with Gasteiger partial charge < -0.3 is 10.5 Å². The SMILES string of the molecule is CCOCCCSc1cc(N)cc(F)c1. The van der Waals surface area contributed by atoms with Gasteiger partial charge in [-0.25, -0.2) is 4.39 Å². The van der Waals surface area contributed by atoms with Crippen LogP contribution < -0.4 is 5.73 Å². The third-order valence-electron chi connectivity index (χ3n) is 1.80. The molecule has 1 aromatic carbocycles. The second-order valence-electron chi connectivity index (χ2n) is 3.12. The predicted molar refractivity (Wildman–Crippen MR) is 62.6 cm³/mol. The van der Waals surface area contributed by atoms with Crippen molar-refractivity contribution in [3.63, 3.8) is 0 Å². The topological polar surface area (TPSA) is 35.2 Å². The van der Waals surface area contributed by atoms with Gasteiger partial charge in [0.1, 0.15) is 5.82 Å². The van der Waals surface area contributed by atoms with E-state index in [-0.39, 0.29) is 5.82 Å². The molecule has 15 heavy (non-hydrogen) atoms. The number of nitrogens with two attached hydrogens (primary N) is 1. The maximum atomic E-state index is 12.9. The number of anilines is 1. The third-order valence-corrected chi connectivity index (χ3v) is 2.86. The van der Waals surface area contributed by atoms with E-state index in [1.165, 1.54) is 12.1 Å². The van der Waals surface area contributed by atoms with E-state index in [4.69, 9.17) is 10.5 Å². The molecule has 0 saturated carbocycles. The smallest absolute Gasteiger partial charge is 0.126 e. The first-order valence-electron chi connectivity index (χ1n) is 4.99. The molecule has 2 N–H and O–H groups in total. The fourth-order valence-corrected chi connectivity index (χ4v) is 2.08. The summed E-state index contributed by atoms with van der Waals surface area (Å²) in [4.78, 5) is 0.879. The molecule has 0 aliphatic carbocycles. The molecular weight excluding hydrogens is 213 g/mol. The summed E-state index contributed by atoms with van der Waals surface area (Å²) < 4.78 is 18.1. The van der Waals surface area contributed by atoms with Crippen LogP contribution in [-0.2, 0) is 4.74 Å². The van der Waals surface area contributed by atoms with Gasteiger partial charge in [0.15, 0.2) is 0 Å². The molecule has 0 heterocycles. The molecule has 0 radical (unpaired) electrons. The lowest BCUT2D eigenvalue weighted by molar-refractivity contribution is 0.149. The zero-order chi connectivity index (χ0) is 11.1. The number of benzene rings is 1. The standard InChI is InChI=1S/C11H16FNOS/c1-2-14-4-3-5-15-11-7-9(12)6-10(13)8-11/h6-8H,2-5,13H2,1H3. The summed E-state index contributed by atoms with van der Waals surface area (Å²) in [7, 11) is 0. The molecule has 4 heteroatoms. The van der Waals surface area contributed by atoms with Crippen LogP contribution in [0.5, 0.6) is 0 Å². The molecule has 0 bridgehead atoms. The van der Waals surface area contributed by atoms with Crippen LogP contribution in [0.15, 0.2) is 23.1 Å². The second kappa shape index (κ2) is 6.69. The molecule has 0 fully saturated rings. The van der Waals surface area contributed by atoms with Crippen molar-refractivity contribution in [1.29, 1.82) is 0 Å². The summed E-state index contributed by atoms with van der Waals surface area (Å²) in [5.41, 5.74) is 6.01. The van der Waals surface area contributed by atoms with Gasteiger partial charge in [0, 0.05) is 29.5 Å². The average molecular weight is 229 g/mol. The Morgan fingerprint density at radius 1 is 1.40 bits per heavy atom. The van der Waals surface area contributed by atoms with Gasteiger partial charge in [0.05, 0.1) is 0 Å². The Kier molecular flexibility index (Phi) is 5.50. The van der Waals surface area contributed by atoms with Gasteiger partial charge in [-0.2, -0.15) is 0 Å². The van der Waals surface area contributed by atoms with Gasteiger partial charge in [-0.1, -0.05) is 0 Å². The number of halogens is 1. The summed E-state index contributed by atoms with van der Waals surface area (Å²) in [6, 6.07) is 4.61. The molecule has 1 rings (SSSR count). The minimum atomic E-state index is -0.276. The van der Waals surface area contributed by atoms with Crippen molar-refractivity contribution in [2.75, 3.05) is 24.7 Å². The van der Waals surface area contributed by atoms with Gasteiger partial charge in [0.2, 0.25) is 0 Å². The second-order valence-corrected chi connectivity index (χ2v) is 4.29. The Labute approximate surface area is 94.0 Å².